The topological polar surface area (TPSA) is 15.6 Å². The van der Waals surface area contributed by atoms with Gasteiger partial charge in [0.1, 0.15) is 5.17 Å². The molecule has 0 bridgehead atoms. The summed E-state index contributed by atoms with van der Waals surface area (Å²) >= 11 is 6.06. The minimum atomic E-state index is 0.453. The maximum absolute atomic E-state index is 6.06. The summed E-state index contributed by atoms with van der Waals surface area (Å²) < 4.78 is 0. The first-order chi connectivity index (χ1) is 11.0. The molecule has 1 aliphatic heterocycles. The van der Waals surface area contributed by atoms with Crippen molar-refractivity contribution in [2.45, 2.75) is 33.6 Å². The fourth-order valence-electron chi connectivity index (χ4n) is 2.83. The maximum Gasteiger partial charge on any atom is 0.150 e. The zero-order valence-corrected chi connectivity index (χ0v) is 14.8. The highest BCUT2D eigenvalue weighted by Crippen LogP contribution is 2.32. The Morgan fingerprint density at radius 3 is 2.70 bits per heavy atom. The number of halogens is 1. The van der Waals surface area contributed by atoms with Gasteiger partial charge in [-0.1, -0.05) is 49.1 Å². The van der Waals surface area contributed by atoms with E-state index < -0.39 is 0 Å². The normalized spacial score (nSPS) is 19.8. The van der Waals surface area contributed by atoms with Crippen LogP contribution in [-0.4, -0.2) is 10.2 Å². The van der Waals surface area contributed by atoms with Crippen LogP contribution in [0.3, 0.4) is 0 Å². The molecule has 120 valence electrons. The summed E-state index contributed by atoms with van der Waals surface area (Å²) in [6, 6.07) is 0. The molecule has 0 atom stereocenters. The van der Waals surface area contributed by atoms with Crippen LogP contribution in [0.4, 0.5) is 0 Å². The molecule has 0 aromatic carbocycles. The second kappa shape index (κ2) is 7.47. The average molecular weight is 327 g/mol. The van der Waals surface area contributed by atoms with Gasteiger partial charge in [0.15, 0.2) is 0 Å². The van der Waals surface area contributed by atoms with E-state index in [0.29, 0.717) is 5.17 Å². The van der Waals surface area contributed by atoms with Gasteiger partial charge < -0.3 is 0 Å². The van der Waals surface area contributed by atoms with E-state index in [9.17, 15) is 0 Å². The molecule has 0 aromatic rings. The minimum Gasteiger partial charge on any atom is -0.233 e. The number of hydrogen-bond acceptors (Lipinski definition) is 2. The van der Waals surface area contributed by atoms with Crippen molar-refractivity contribution >= 4 is 16.8 Å². The minimum absolute atomic E-state index is 0.453. The van der Waals surface area contributed by atoms with Crippen molar-refractivity contribution in [2.75, 3.05) is 0 Å². The Hall–Kier alpha value is -2.06. The van der Waals surface area contributed by atoms with Crippen LogP contribution < -0.4 is 0 Å². The van der Waals surface area contributed by atoms with E-state index in [1.54, 1.807) is 11.1 Å². The third-order valence-electron chi connectivity index (χ3n) is 4.21. The monoisotopic (exact) mass is 326 g/mol. The predicted molar refractivity (Wildman–Crippen MR) is 101 cm³/mol. The Kier molecular flexibility index (Phi) is 5.62. The van der Waals surface area contributed by atoms with Gasteiger partial charge in [0.2, 0.25) is 0 Å². The molecule has 0 amide bonds. The summed E-state index contributed by atoms with van der Waals surface area (Å²) in [5.74, 6) is 0. The number of allylic oxidation sites excluding steroid dienone is 10. The predicted octanol–water partition coefficient (Wildman–Crippen LogP) is 6.00. The lowest BCUT2D eigenvalue weighted by Gasteiger charge is -2.27. The quantitative estimate of drug-likeness (QED) is 0.579. The van der Waals surface area contributed by atoms with Crippen molar-refractivity contribution in [1.82, 2.24) is 5.01 Å². The Labute approximate surface area is 144 Å². The molecule has 3 heteroatoms. The van der Waals surface area contributed by atoms with Gasteiger partial charge in [0.25, 0.3) is 0 Å². The SMILES string of the molecule is C=CC1=C(/C(C)=C(C)/C(=C/C)N2N=C(Cl)C=CC2=C)CCC=C1. The lowest BCUT2D eigenvalue weighted by molar-refractivity contribution is 0.475. The van der Waals surface area contributed by atoms with Gasteiger partial charge in [-0.05, 0) is 68.1 Å². The Balaban J connectivity index is 2.47. The van der Waals surface area contributed by atoms with Crippen molar-refractivity contribution in [3.63, 3.8) is 0 Å². The van der Waals surface area contributed by atoms with Crippen molar-refractivity contribution in [2.24, 2.45) is 5.10 Å². The van der Waals surface area contributed by atoms with E-state index in [0.717, 1.165) is 24.2 Å². The summed E-state index contributed by atoms with van der Waals surface area (Å²) in [6.07, 6.45) is 14.0. The summed E-state index contributed by atoms with van der Waals surface area (Å²) in [4.78, 5) is 0. The molecule has 0 saturated carbocycles. The highest BCUT2D eigenvalue weighted by molar-refractivity contribution is 6.68. The highest BCUT2D eigenvalue weighted by atomic mass is 35.5. The second-order valence-corrected chi connectivity index (χ2v) is 5.95. The molecular weight excluding hydrogens is 304 g/mol. The first-order valence-electron chi connectivity index (χ1n) is 7.77. The van der Waals surface area contributed by atoms with Gasteiger partial charge >= 0.3 is 0 Å². The Morgan fingerprint density at radius 1 is 1.30 bits per heavy atom. The van der Waals surface area contributed by atoms with E-state index in [-0.39, 0.29) is 0 Å². The smallest absolute Gasteiger partial charge is 0.150 e. The molecule has 2 rings (SSSR count). The van der Waals surface area contributed by atoms with Crippen LogP contribution >= 0.6 is 11.6 Å². The molecule has 0 fully saturated rings. The number of hydrazone groups is 1. The maximum atomic E-state index is 6.06. The first kappa shape index (κ1) is 17.3. The van der Waals surface area contributed by atoms with Crippen molar-refractivity contribution in [3.05, 3.63) is 83.3 Å². The lowest BCUT2D eigenvalue weighted by atomic mass is 9.89. The molecule has 1 heterocycles. The Morgan fingerprint density at radius 2 is 2.04 bits per heavy atom. The molecular formula is C20H23ClN2. The number of nitrogens with zero attached hydrogens (tertiary/aromatic N) is 2. The zero-order chi connectivity index (χ0) is 17.0. The zero-order valence-electron chi connectivity index (χ0n) is 14.1. The highest BCUT2D eigenvalue weighted by Gasteiger charge is 2.19. The second-order valence-electron chi connectivity index (χ2n) is 5.56. The van der Waals surface area contributed by atoms with Crippen molar-refractivity contribution in [3.8, 4) is 0 Å². The van der Waals surface area contributed by atoms with Gasteiger partial charge in [0.05, 0.1) is 11.4 Å². The molecule has 0 aromatic heterocycles. The van der Waals surface area contributed by atoms with Gasteiger partial charge in [-0.25, -0.2) is 5.01 Å². The third-order valence-corrected chi connectivity index (χ3v) is 4.41. The number of hydrogen-bond donors (Lipinski definition) is 0. The van der Waals surface area contributed by atoms with Gasteiger partial charge in [-0.15, -0.1) is 0 Å². The summed E-state index contributed by atoms with van der Waals surface area (Å²) in [6.45, 7) is 14.3. The molecule has 2 nitrogen and oxygen atoms in total. The van der Waals surface area contributed by atoms with E-state index in [2.05, 4.69) is 44.3 Å². The van der Waals surface area contributed by atoms with E-state index in [4.69, 9.17) is 11.6 Å². The van der Waals surface area contributed by atoms with Crippen LogP contribution in [0.2, 0.25) is 0 Å². The van der Waals surface area contributed by atoms with Crippen LogP contribution in [0, 0.1) is 0 Å². The number of rotatable bonds is 4. The summed E-state index contributed by atoms with van der Waals surface area (Å²) in [7, 11) is 0. The summed E-state index contributed by atoms with van der Waals surface area (Å²) in [5.41, 5.74) is 6.76. The molecule has 23 heavy (non-hydrogen) atoms. The fraction of sp³-hybridized carbons (Fsp3) is 0.250. The van der Waals surface area contributed by atoms with Crippen molar-refractivity contribution < 1.29 is 0 Å². The molecule has 1 aliphatic carbocycles. The molecule has 0 radical (unpaired) electrons. The third kappa shape index (κ3) is 3.65. The molecule has 0 spiro atoms. The van der Waals surface area contributed by atoms with Crippen molar-refractivity contribution in [1.29, 1.82) is 0 Å². The molecule has 2 aliphatic rings. The van der Waals surface area contributed by atoms with E-state index in [1.807, 2.05) is 25.2 Å². The van der Waals surface area contributed by atoms with Crippen LogP contribution in [0.15, 0.2) is 88.4 Å². The Bertz CT molecular complexity index is 712. The molecule has 0 saturated heterocycles. The van der Waals surface area contributed by atoms with E-state index >= 15 is 0 Å². The summed E-state index contributed by atoms with van der Waals surface area (Å²) in [5, 5.41) is 6.65. The van der Waals surface area contributed by atoms with Crippen LogP contribution in [0.5, 0.6) is 0 Å². The van der Waals surface area contributed by atoms with Crippen LogP contribution in [0.25, 0.3) is 0 Å². The standard InChI is InChI=1S/C20H23ClN2/c1-6-17-10-8-9-11-18(17)15(4)16(5)19(7-2)23-14(3)12-13-20(21)22-23/h6-8,10,12-13H,1,3,9,11H2,2,4-5H3/b16-15+,19-7-. The largest absolute Gasteiger partial charge is 0.233 e. The molecule has 0 unspecified atom stereocenters. The fourth-order valence-corrected chi connectivity index (χ4v) is 2.97. The van der Waals surface area contributed by atoms with Crippen LogP contribution in [0.1, 0.15) is 33.6 Å². The van der Waals surface area contributed by atoms with Gasteiger partial charge in [-0.2, -0.15) is 5.10 Å². The van der Waals surface area contributed by atoms with Crippen LogP contribution in [-0.2, 0) is 0 Å². The molecule has 0 N–H and O–H groups in total. The first-order valence-corrected chi connectivity index (χ1v) is 8.15. The van der Waals surface area contributed by atoms with Gasteiger partial charge in [0, 0.05) is 0 Å². The lowest BCUT2D eigenvalue weighted by Crippen LogP contribution is -2.20. The average Bonchev–Trinajstić information content (AvgIpc) is 2.57. The van der Waals surface area contributed by atoms with E-state index in [1.165, 1.54) is 22.3 Å². The van der Waals surface area contributed by atoms with Gasteiger partial charge in [-0.3, -0.25) is 0 Å².